The van der Waals surface area contributed by atoms with Gasteiger partial charge in [0.25, 0.3) is 0 Å². The molecule has 2 rings (SSSR count). The van der Waals surface area contributed by atoms with Crippen molar-refractivity contribution in [2.24, 2.45) is 0 Å². The Labute approximate surface area is 99.4 Å². The van der Waals surface area contributed by atoms with E-state index in [4.69, 9.17) is 0 Å². The van der Waals surface area contributed by atoms with Gasteiger partial charge in [0.05, 0.1) is 6.04 Å². The Kier molecular flexibility index (Phi) is 4.14. The second kappa shape index (κ2) is 5.00. The topological polar surface area (TPSA) is 21.1 Å². The molecule has 2 heterocycles. The van der Waals surface area contributed by atoms with Gasteiger partial charge >= 0.3 is 0 Å². The third-order valence-electron chi connectivity index (χ3n) is 3.31. The van der Waals surface area contributed by atoms with Crippen LogP contribution in [0.2, 0.25) is 0 Å². The molecule has 0 amide bonds. The zero-order valence-corrected chi connectivity index (χ0v) is 9.98. The van der Waals surface area contributed by atoms with Gasteiger partial charge in [0.1, 0.15) is 0 Å². The number of hydrogen-bond acceptors (Lipinski definition) is 2. The van der Waals surface area contributed by atoms with Gasteiger partial charge in [-0.15, -0.1) is 0 Å². The Hall–Kier alpha value is -0.830. The first-order chi connectivity index (χ1) is 7.07. The molecule has 1 aliphatic rings. The minimum absolute atomic E-state index is 0. The van der Waals surface area contributed by atoms with Crippen LogP contribution in [0.1, 0.15) is 47.1 Å². The van der Waals surface area contributed by atoms with Crippen LogP contribution in [-0.2, 0) is 0 Å². The Morgan fingerprint density at radius 3 is 2.25 bits per heavy atom. The molecule has 3 heteroatoms. The lowest BCUT2D eigenvalue weighted by molar-refractivity contribution is 0.0870. The van der Waals surface area contributed by atoms with Gasteiger partial charge in [-0.05, 0) is 39.7 Å². The molecule has 0 saturated carbocycles. The first-order valence-electron chi connectivity index (χ1n) is 5.81. The van der Waals surface area contributed by atoms with E-state index in [-0.39, 0.29) is 7.43 Å². The molecule has 1 aromatic rings. The summed E-state index contributed by atoms with van der Waals surface area (Å²) in [6.45, 7) is 9.26. The third kappa shape index (κ3) is 2.85. The highest BCUT2D eigenvalue weighted by Crippen LogP contribution is 2.26. The summed E-state index contributed by atoms with van der Waals surface area (Å²) in [5.74, 6) is 0. The highest BCUT2D eigenvalue weighted by molar-refractivity contribution is 4.87. The van der Waals surface area contributed by atoms with Crippen molar-refractivity contribution < 1.29 is 0 Å². The zero-order valence-electron chi connectivity index (χ0n) is 9.98. The Bertz CT molecular complexity index is 289. The van der Waals surface area contributed by atoms with Gasteiger partial charge in [0.2, 0.25) is 0 Å². The van der Waals surface area contributed by atoms with Crippen molar-refractivity contribution >= 4 is 0 Å². The molecule has 0 radical (unpaired) electrons. The molecular formula is C13H25N3. The van der Waals surface area contributed by atoms with Crippen molar-refractivity contribution in [3.05, 3.63) is 18.5 Å². The Morgan fingerprint density at radius 2 is 1.81 bits per heavy atom. The number of likely N-dealkylation sites (tertiary alicyclic amines) is 1. The fourth-order valence-corrected chi connectivity index (χ4v) is 2.30. The Balaban J connectivity index is 0.00000128. The average Bonchev–Trinajstić information content (AvgIpc) is 2.69. The quantitative estimate of drug-likeness (QED) is 0.730. The number of nitrogens with zero attached hydrogens (tertiary/aromatic N) is 3. The SMILES string of the molecule is C.CC(C)(C)N1CCC(n2cccn2)CC1. The van der Waals surface area contributed by atoms with Crippen LogP contribution in [0.5, 0.6) is 0 Å². The monoisotopic (exact) mass is 223 g/mol. The smallest absolute Gasteiger partial charge is 0.0543 e. The van der Waals surface area contributed by atoms with E-state index in [2.05, 4.69) is 41.6 Å². The van der Waals surface area contributed by atoms with Crippen LogP contribution in [-0.4, -0.2) is 33.3 Å². The molecular weight excluding hydrogens is 198 g/mol. The zero-order chi connectivity index (χ0) is 10.9. The summed E-state index contributed by atoms with van der Waals surface area (Å²) in [7, 11) is 0. The van der Waals surface area contributed by atoms with E-state index >= 15 is 0 Å². The van der Waals surface area contributed by atoms with Gasteiger partial charge in [-0.25, -0.2) is 0 Å². The minimum Gasteiger partial charge on any atom is -0.298 e. The lowest BCUT2D eigenvalue weighted by atomic mass is 9.98. The first kappa shape index (κ1) is 13.2. The largest absolute Gasteiger partial charge is 0.298 e. The van der Waals surface area contributed by atoms with Crippen molar-refractivity contribution in [2.75, 3.05) is 13.1 Å². The van der Waals surface area contributed by atoms with E-state index in [0.717, 1.165) is 0 Å². The molecule has 92 valence electrons. The van der Waals surface area contributed by atoms with Crippen LogP contribution >= 0.6 is 0 Å². The summed E-state index contributed by atoms with van der Waals surface area (Å²) in [5, 5.41) is 4.33. The predicted molar refractivity (Wildman–Crippen MR) is 68.6 cm³/mol. The third-order valence-corrected chi connectivity index (χ3v) is 3.31. The number of aromatic nitrogens is 2. The molecule has 3 nitrogen and oxygen atoms in total. The maximum Gasteiger partial charge on any atom is 0.0543 e. The molecule has 0 spiro atoms. The first-order valence-corrected chi connectivity index (χ1v) is 5.81. The molecule has 0 bridgehead atoms. The van der Waals surface area contributed by atoms with Crippen LogP contribution in [0.25, 0.3) is 0 Å². The van der Waals surface area contributed by atoms with Crippen LogP contribution in [0.3, 0.4) is 0 Å². The second-order valence-electron chi connectivity index (χ2n) is 5.38. The fourth-order valence-electron chi connectivity index (χ4n) is 2.30. The second-order valence-corrected chi connectivity index (χ2v) is 5.38. The van der Waals surface area contributed by atoms with E-state index in [1.54, 1.807) is 0 Å². The van der Waals surface area contributed by atoms with E-state index in [1.807, 2.05) is 12.3 Å². The van der Waals surface area contributed by atoms with Crippen LogP contribution < -0.4 is 0 Å². The molecule has 0 atom stereocenters. The average molecular weight is 223 g/mol. The number of piperidine rings is 1. The van der Waals surface area contributed by atoms with Gasteiger partial charge in [0, 0.05) is 31.0 Å². The van der Waals surface area contributed by atoms with Crippen LogP contribution in [0.4, 0.5) is 0 Å². The normalized spacial score (nSPS) is 19.4. The van der Waals surface area contributed by atoms with Gasteiger partial charge in [-0.1, -0.05) is 7.43 Å². The molecule has 1 aromatic heterocycles. The van der Waals surface area contributed by atoms with Gasteiger partial charge < -0.3 is 0 Å². The summed E-state index contributed by atoms with van der Waals surface area (Å²) < 4.78 is 2.11. The maximum absolute atomic E-state index is 4.33. The predicted octanol–water partition coefficient (Wildman–Crippen LogP) is 2.95. The molecule has 0 unspecified atom stereocenters. The lowest BCUT2D eigenvalue weighted by Gasteiger charge is -2.40. The van der Waals surface area contributed by atoms with Gasteiger partial charge in [-0.3, -0.25) is 9.58 Å². The molecule has 1 aliphatic heterocycles. The van der Waals surface area contributed by atoms with Crippen LogP contribution in [0, 0.1) is 0 Å². The summed E-state index contributed by atoms with van der Waals surface area (Å²) in [6, 6.07) is 2.62. The van der Waals surface area contributed by atoms with E-state index in [9.17, 15) is 0 Å². The minimum atomic E-state index is 0. The van der Waals surface area contributed by atoms with Gasteiger partial charge in [-0.2, -0.15) is 5.10 Å². The van der Waals surface area contributed by atoms with Crippen molar-refractivity contribution in [3.63, 3.8) is 0 Å². The van der Waals surface area contributed by atoms with Crippen molar-refractivity contribution in [1.29, 1.82) is 0 Å². The molecule has 0 aliphatic carbocycles. The maximum atomic E-state index is 4.33. The molecule has 0 N–H and O–H groups in total. The Morgan fingerprint density at radius 1 is 1.19 bits per heavy atom. The van der Waals surface area contributed by atoms with Crippen molar-refractivity contribution in [1.82, 2.24) is 14.7 Å². The number of hydrogen-bond donors (Lipinski definition) is 0. The molecule has 0 aromatic carbocycles. The molecule has 1 saturated heterocycles. The van der Waals surface area contributed by atoms with E-state index in [0.29, 0.717) is 11.6 Å². The number of rotatable bonds is 1. The summed E-state index contributed by atoms with van der Waals surface area (Å²) >= 11 is 0. The van der Waals surface area contributed by atoms with Gasteiger partial charge in [0.15, 0.2) is 0 Å². The highest BCUT2D eigenvalue weighted by Gasteiger charge is 2.27. The standard InChI is InChI=1S/C12H21N3.CH4/c1-12(2,3)14-9-5-11(6-10-14)15-8-4-7-13-15;/h4,7-8,11H,5-6,9-10H2,1-3H3;1H4. The van der Waals surface area contributed by atoms with E-state index < -0.39 is 0 Å². The molecule has 16 heavy (non-hydrogen) atoms. The van der Waals surface area contributed by atoms with Crippen molar-refractivity contribution in [3.8, 4) is 0 Å². The van der Waals surface area contributed by atoms with Crippen LogP contribution in [0.15, 0.2) is 18.5 Å². The summed E-state index contributed by atoms with van der Waals surface area (Å²) in [6.07, 6.45) is 6.39. The fraction of sp³-hybridized carbons (Fsp3) is 0.769. The highest BCUT2D eigenvalue weighted by atomic mass is 15.3. The van der Waals surface area contributed by atoms with Crippen molar-refractivity contribution in [2.45, 2.75) is 52.6 Å². The van der Waals surface area contributed by atoms with E-state index in [1.165, 1.54) is 25.9 Å². The molecule has 1 fully saturated rings. The summed E-state index contributed by atoms with van der Waals surface area (Å²) in [5.41, 5.74) is 0.315. The lowest BCUT2D eigenvalue weighted by Crippen LogP contribution is -2.46. The summed E-state index contributed by atoms with van der Waals surface area (Å²) in [4.78, 5) is 2.56.